The van der Waals surface area contributed by atoms with E-state index in [0.717, 1.165) is 12.0 Å². The van der Waals surface area contributed by atoms with Crippen molar-refractivity contribution in [2.75, 3.05) is 0 Å². The van der Waals surface area contributed by atoms with Gasteiger partial charge in [-0.05, 0) is 42.9 Å². The van der Waals surface area contributed by atoms with Gasteiger partial charge in [0, 0.05) is 11.0 Å². The molecule has 0 radical (unpaired) electrons. The molecule has 1 aliphatic rings. The number of carbonyl (C=O) groups excluding carboxylic acids is 1. The maximum atomic E-state index is 12.4. The fourth-order valence-electron chi connectivity index (χ4n) is 2.85. The van der Waals surface area contributed by atoms with Crippen LogP contribution in [0.4, 0.5) is 0 Å². The second-order valence-corrected chi connectivity index (χ2v) is 6.93. The van der Waals surface area contributed by atoms with Gasteiger partial charge in [-0.3, -0.25) is 0 Å². The Hall–Kier alpha value is -3.33. The second kappa shape index (κ2) is 8.57. The van der Waals surface area contributed by atoms with Crippen molar-refractivity contribution in [3.05, 3.63) is 114 Å². The van der Waals surface area contributed by atoms with E-state index in [2.05, 4.69) is 20.4 Å². The topological polar surface area (TPSA) is 35.5 Å². The molecular weight excluding hydrogens is 348 g/mol. The highest BCUT2D eigenvalue weighted by molar-refractivity contribution is 5.90. The molecule has 0 fully saturated rings. The molecule has 1 unspecified atom stereocenters. The lowest BCUT2D eigenvalue weighted by Gasteiger charge is -2.21. The average Bonchev–Trinajstić information content (AvgIpc) is 2.88. The number of hydrogen-bond donors (Lipinski definition) is 0. The van der Waals surface area contributed by atoms with Crippen LogP contribution in [-0.2, 0) is 9.47 Å². The highest BCUT2D eigenvalue weighted by Gasteiger charge is 2.23. The molecule has 3 rings (SSSR count). The molecule has 0 bridgehead atoms. The van der Waals surface area contributed by atoms with Crippen molar-refractivity contribution in [3.8, 4) is 0 Å². The number of benzene rings is 2. The van der Waals surface area contributed by atoms with E-state index >= 15 is 0 Å². The number of hydrogen-bond acceptors (Lipinski definition) is 3. The Bertz CT molecular complexity index is 861. The Morgan fingerprint density at radius 2 is 1.36 bits per heavy atom. The minimum Gasteiger partial charge on any atom is -0.458 e. The summed E-state index contributed by atoms with van der Waals surface area (Å²) in [6, 6.07) is 18.7. The van der Waals surface area contributed by atoms with Crippen LogP contribution in [-0.4, -0.2) is 5.97 Å². The maximum absolute atomic E-state index is 12.4. The third-order valence-electron chi connectivity index (χ3n) is 4.67. The summed E-state index contributed by atoms with van der Waals surface area (Å²) in [5, 5.41) is 0. The summed E-state index contributed by atoms with van der Waals surface area (Å²) >= 11 is 0. The summed E-state index contributed by atoms with van der Waals surface area (Å²) in [6.07, 6.45) is 8.36. The predicted molar refractivity (Wildman–Crippen MR) is 112 cm³/mol. The first-order valence-corrected chi connectivity index (χ1v) is 9.32. The van der Waals surface area contributed by atoms with E-state index < -0.39 is 0 Å². The molecule has 1 aliphatic carbocycles. The van der Waals surface area contributed by atoms with Gasteiger partial charge in [0.25, 0.3) is 0 Å². The minimum atomic E-state index is -0.381. The molecule has 0 aliphatic heterocycles. The van der Waals surface area contributed by atoms with E-state index in [1.54, 1.807) is 24.3 Å². The van der Waals surface area contributed by atoms with Gasteiger partial charge in [-0.2, -0.15) is 0 Å². The van der Waals surface area contributed by atoms with Crippen LogP contribution in [0.25, 0.3) is 5.76 Å². The monoisotopic (exact) mass is 372 g/mol. The molecule has 0 N–H and O–H groups in total. The molecule has 142 valence electrons. The Balaban J connectivity index is 1.78. The van der Waals surface area contributed by atoms with Gasteiger partial charge < -0.3 is 9.47 Å². The fraction of sp³-hybridized carbons (Fsp3) is 0.160. The van der Waals surface area contributed by atoms with E-state index in [9.17, 15) is 4.79 Å². The molecule has 1 atom stereocenters. The van der Waals surface area contributed by atoms with E-state index in [1.165, 1.54) is 0 Å². The standard InChI is InChI=1S/C25H24O3/c1-4-25(3)17-22(27-19(2)20-11-7-5-8-12-20)15-16-23(18-25)28-24(26)21-13-9-6-10-14-21/h5-18H,2,4H2,1,3H3. The Kier molecular flexibility index (Phi) is 5.95. The third kappa shape index (κ3) is 4.89. The van der Waals surface area contributed by atoms with Gasteiger partial charge in [0.1, 0.15) is 17.3 Å². The van der Waals surface area contributed by atoms with E-state index in [4.69, 9.17) is 9.47 Å². The second-order valence-electron chi connectivity index (χ2n) is 6.93. The third-order valence-corrected chi connectivity index (χ3v) is 4.67. The van der Waals surface area contributed by atoms with E-state index in [-0.39, 0.29) is 11.4 Å². The molecule has 0 spiro atoms. The van der Waals surface area contributed by atoms with Crippen molar-refractivity contribution in [2.24, 2.45) is 5.41 Å². The van der Waals surface area contributed by atoms with Crippen molar-refractivity contribution in [1.82, 2.24) is 0 Å². The summed E-state index contributed by atoms with van der Waals surface area (Å²) in [5.41, 5.74) is 1.12. The quantitative estimate of drug-likeness (QED) is 0.442. The normalized spacial score (nSPS) is 18.5. The Labute approximate surface area is 166 Å². The van der Waals surface area contributed by atoms with Gasteiger partial charge in [0.15, 0.2) is 0 Å². The minimum absolute atomic E-state index is 0.317. The molecule has 2 aromatic carbocycles. The molecule has 28 heavy (non-hydrogen) atoms. The first-order valence-electron chi connectivity index (χ1n) is 9.32. The summed E-state index contributed by atoms with van der Waals surface area (Å²) < 4.78 is 11.6. The van der Waals surface area contributed by atoms with Crippen LogP contribution < -0.4 is 0 Å². The van der Waals surface area contributed by atoms with Crippen LogP contribution in [0, 0.1) is 5.41 Å². The number of esters is 1. The van der Waals surface area contributed by atoms with Crippen LogP contribution in [0.3, 0.4) is 0 Å². The summed E-state index contributed by atoms with van der Waals surface area (Å²) in [7, 11) is 0. The largest absolute Gasteiger partial charge is 0.458 e. The predicted octanol–water partition coefficient (Wildman–Crippen LogP) is 6.28. The zero-order valence-corrected chi connectivity index (χ0v) is 16.2. The van der Waals surface area contributed by atoms with Crippen LogP contribution in [0.15, 0.2) is 103 Å². The lowest BCUT2D eigenvalue weighted by Crippen LogP contribution is -2.11. The molecule has 0 aromatic heterocycles. The molecule has 0 amide bonds. The Morgan fingerprint density at radius 3 is 1.89 bits per heavy atom. The maximum Gasteiger partial charge on any atom is 0.343 e. The number of rotatable bonds is 6. The smallest absolute Gasteiger partial charge is 0.343 e. The Morgan fingerprint density at radius 1 is 0.857 bits per heavy atom. The van der Waals surface area contributed by atoms with Crippen LogP contribution in [0.1, 0.15) is 36.2 Å². The first-order chi connectivity index (χ1) is 13.5. The zero-order chi connectivity index (χ0) is 20.0. The number of ether oxygens (including phenoxy) is 2. The van der Waals surface area contributed by atoms with Gasteiger partial charge >= 0.3 is 5.97 Å². The molecular formula is C25H24O3. The number of carbonyl (C=O) groups is 1. The van der Waals surface area contributed by atoms with Crippen LogP contribution in [0.5, 0.6) is 0 Å². The van der Waals surface area contributed by atoms with E-state index in [1.807, 2.05) is 60.7 Å². The summed E-state index contributed by atoms with van der Waals surface area (Å²) in [5.74, 6) is 1.35. The fourth-order valence-corrected chi connectivity index (χ4v) is 2.85. The van der Waals surface area contributed by atoms with Crippen molar-refractivity contribution in [2.45, 2.75) is 20.3 Å². The SMILES string of the molecule is C=C(OC1=CC(C)(CC)C=C(OC(=O)c2ccccc2)C=C1)c1ccccc1. The summed E-state index contributed by atoms with van der Waals surface area (Å²) in [4.78, 5) is 12.4. The lowest BCUT2D eigenvalue weighted by molar-refractivity contribution is 0.0634. The first kappa shape index (κ1) is 19.4. The van der Waals surface area contributed by atoms with Crippen LogP contribution in [0.2, 0.25) is 0 Å². The van der Waals surface area contributed by atoms with Gasteiger partial charge in [-0.1, -0.05) is 69.0 Å². The zero-order valence-electron chi connectivity index (χ0n) is 16.2. The van der Waals surface area contributed by atoms with Gasteiger partial charge in [-0.25, -0.2) is 4.79 Å². The van der Waals surface area contributed by atoms with Crippen molar-refractivity contribution >= 4 is 11.7 Å². The van der Waals surface area contributed by atoms with Crippen LogP contribution >= 0.6 is 0 Å². The molecule has 0 saturated heterocycles. The molecule has 0 saturated carbocycles. The highest BCUT2D eigenvalue weighted by atomic mass is 16.5. The van der Waals surface area contributed by atoms with Crippen molar-refractivity contribution in [3.63, 3.8) is 0 Å². The van der Waals surface area contributed by atoms with Gasteiger partial charge in [0.05, 0.1) is 5.56 Å². The van der Waals surface area contributed by atoms with E-state index in [0.29, 0.717) is 22.8 Å². The molecule has 3 nitrogen and oxygen atoms in total. The number of allylic oxidation sites excluding steroid dienone is 4. The van der Waals surface area contributed by atoms with Crippen molar-refractivity contribution < 1.29 is 14.3 Å². The molecule has 3 heteroatoms. The highest BCUT2D eigenvalue weighted by Crippen LogP contribution is 2.33. The lowest BCUT2D eigenvalue weighted by atomic mass is 9.86. The van der Waals surface area contributed by atoms with Gasteiger partial charge in [0.2, 0.25) is 0 Å². The molecule has 0 heterocycles. The van der Waals surface area contributed by atoms with Crippen molar-refractivity contribution in [1.29, 1.82) is 0 Å². The average molecular weight is 372 g/mol. The molecule has 2 aromatic rings. The summed E-state index contributed by atoms with van der Waals surface area (Å²) in [6.45, 7) is 8.19. The van der Waals surface area contributed by atoms with Gasteiger partial charge in [-0.15, -0.1) is 0 Å².